The number of hydrogen-bond donors (Lipinski definition) is 2. The molecule has 0 saturated carbocycles. The number of methoxy groups -OCH3 is 3. The Morgan fingerprint density at radius 2 is 1.76 bits per heavy atom. The lowest BCUT2D eigenvalue weighted by Crippen LogP contribution is -2.03. The molecule has 0 saturated heterocycles. The molecular weight excluding hydrogens is 514 g/mol. The lowest BCUT2D eigenvalue weighted by Gasteiger charge is -2.11. The van der Waals surface area contributed by atoms with Gasteiger partial charge in [0.1, 0.15) is 16.4 Å². The molecule has 0 aliphatic heterocycles. The summed E-state index contributed by atoms with van der Waals surface area (Å²) in [6.07, 6.45) is 1.47. The molecule has 0 radical (unpaired) electrons. The maximum absolute atomic E-state index is 12.0. The summed E-state index contributed by atoms with van der Waals surface area (Å²) in [5, 5.41) is 28.7. The minimum atomic E-state index is -1.13. The number of phenols is 1. The van der Waals surface area contributed by atoms with E-state index in [1.165, 1.54) is 13.2 Å². The third kappa shape index (κ3) is 5.42. The molecule has 0 aliphatic rings. The minimum Gasteiger partial charge on any atom is -0.503 e. The average molecular weight is 536 g/mol. The Morgan fingerprint density at radius 1 is 1.09 bits per heavy atom. The van der Waals surface area contributed by atoms with Gasteiger partial charge in [-0.05, 0) is 70.5 Å². The highest BCUT2D eigenvalue weighted by molar-refractivity contribution is 9.10. The number of thioether (sulfide) groups is 1. The minimum absolute atomic E-state index is 0.0199. The Morgan fingerprint density at radius 3 is 2.30 bits per heavy atom. The molecule has 0 spiro atoms. The maximum Gasteiger partial charge on any atom is 0.342 e. The zero-order valence-electron chi connectivity index (χ0n) is 18.3. The van der Waals surface area contributed by atoms with Crippen LogP contribution in [0.5, 0.6) is 23.0 Å². The molecule has 0 amide bonds. The van der Waals surface area contributed by atoms with E-state index in [-0.39, 0.29) is 16.4 Å². The molecule has 3 aromatic rings. The van der Waals surface area contributed by atoms with Gasteiger partial charge in [-0.1, -0.05) is 0 Å². The lowest BCUT2D eigenvalue weighted by atomic mass is 10.2. The second-order valence-electron chi connectivity index (χ2n) is 6.62. The van der Waals surface area contributed by atoms with Gasteiger partial charge in [0.25, 0.3) is 0 Å². The number of phenolic OH excluding ortho intramolecular Hbond substituents is 1. The molecule has 3 rings (SSSR count). The summed E-state index contributed by atoms with van der Waals surface area (Å²) in [6.45, 7) is 2.43. The van der Waals surface area contributed by atoms with Gasteiger partial charge < -0.3 is 29.0 Å². The summed E-state index contributed by atoms with van der Waals surface area (Å²) >= 11 is 4.22. The predicted molar refractivity (Wildman–Crippen MR) is 128 cm³/mol. The van der Waals surface area contributed by atoms with Crippen LogP contribution in [-0.2, 0) is 11.3 Å². The molecule has 11 heteroatoms. The number of aromatic hydroxyl groups is 1. The van der Waals surface area contributed by atoms with Crippen molar-refractivity contribution in [2.75, 3.05) is 21.3 Å². The molecule has 0 fully saturated rings. The molecule has 0 atom stereocenters. The van der Waals surface area contributed by atoms with Crippen molar-refractivity contribution >= 4 is 39.7 Å². The number of carbonyl (C=O) groups is 1. The SMILES string of the molecule is CCn1c(S/C(=C\c2cc(Br)c(O)c(OC)c2)C(=O)O)nnc1-c1cc(OC)cc(OC)c1. The van der Waals surface area contributed by atoms with E-state index in [1.54, 1.807) is 44.6 Å². The summed E-state index contributed by atoms with van der Waals surface area (Å²) in [4.78, 5) is 12.0. The third-order valence-electron chi connectivity index (χ3n) is 4.62. The number of halogens is 1. The molecule has 1 aromatic heterocycles. The zero-order chi connectivity index (χ0) is 24.1. The van der Waals surface area contributed by atoms with Crippen LogP contribution in [0.2, 0.25) is 0 Å². The fourth-order valence-corrected chi connectivity index (χ4v) is 4.36. The Hall–Kier alpha value is -3.18. The van der Waals surface area contributed by atoms with Crippen molar-refractivity contribution in [3.05, 3.63) is 45.3 Å². The molecule has 33 heavy (non-hydrogen) atoms. The summed E-state index contributed by atoms with van der Waals surface area (Å²) in [6, 6.07) is 8.51. The molecule has 9 nitrogen and oxygen atoms in total. The quantitative estimate of drug-likeness (QED) is 0.297. The first-order valence-corrected chi connectivity index (χ1v) is 11.3. The van der Waals surface area contributed by atoms with Gasteiger partial charge in [0.2, 0.25) is 0 Å². The van der Waals surface area contributed by atoms with Crippen LogP contribution in [0.1, 0.15) is 12.5 Å². The Balaban J connectivity index is 2.02. The van der Waals surface area contributed by atoms with Gasteiger partial charge in [0, 0.05) is 18.2 Å². The fraction of sp³-hybridized carbons (Fsp3) is 0.227. The molecular formula is C22H22BrN3O6S. The second kappa shape index (κ2) is 10.6. The Labute approximate surface area is 203 Å². The second-order valence-corrected chi connectivity index (χ2v) is 8.48. The largest absolute Gasteiger partial charge is 0.503 e. The van der Waals surface area contributed by atoms with Gasteiger partial charge >= 0.3 is 5.97 Å². The number of aliphatic carboxylic acids is 1. The van der Waals surface area contributed by atoms with Crippen LogP contribution in [0.15, 0.2) is 44.9 Å². The first kappa shape index (κ1) is 24.5. The monoisotopic (exact) mass is 535 g/mol. The highest BCUT2D eigenvalue weighted by Crippen LogP contribution is 2.37. The van der Waals surface area contributed by atoms with Gasteiger partial charge in [-0.3, -0.25) is 0 Å². The molecule has 174 valence electrons. The third-order valence-corrected chi connectivity index (χ3v) is 6.22. The topological polar surface area (TPSA) is 116 Å². The Bertz CT molecular complexity index is 1190. The number of ether oxygens (including phenoxy) is 3. The van der Waals surface area contributed by atoms with E-state index >= 15 is 0 Å². The smallest absolute Gasteiger partial charge is 0.342 e. The van der Waals surface area contributed by atoms with Gasteiger partial charge in [0.05, 0.1) is 25.8 Å². The normalized spacial score (nSPS) is 11.4. The van der Waals surface area contributed by atoms with Crippen LogP contribution in [0, 0.1) is 0 Å². The number of carboxylic acids is 1. The van der Waals surface area contributed by atoms with Gasteiger partial charge in [-0.15, -0.1) is 10.2 Å². The van der Waals surface area contributed by atoms with Crippen LogP contribution in [0.25, 0.3) is 17.5 Å². The molecule has 0 unspecified atom stereocenters. The van der Waals surface area contributed by atoms with Crippen LogP contribution in [-0.4, -0.2) is 52.3 Å². The summed E-state index contributed by atoms with van der Waals surface area (Å²) < 4.78 is 18.0. The standard InChI is InChI=1S/C22H22BrN3O6S/c1-5-26-20(13-9-14(30-2)11-15(10-13)31-3)24-25-22(26)33-18(21(28)29)8-12-6-16(23)19(27)17(7-12)32-4/h6-11,27H,5H2,1-4H3,(H,28,29)/b18-8-. The van der Waals surface area contributed by atoms with E-state index in [0.717, 1.165) is 17.3 Å². The van der Waals surface area contributed by atoms with Crippen molar-refractivity contribution in [2.45, 2.75) is 18.6 Å². The number of aromatic nitrogens is 3. The van der Waals surface area contributed by atoms with E-state index < -0.39 is 5.97 Å². The number of nitrogens with zero attached hydrogens (tertiary/aromatic N) is 3. The van der Waals surface area contributed by atoms with E-state index in [9.17, 15) is 15.0 Å². The highest BCUT2D eigenvalue weighted by atomic mass is 79.9. The van der Waals surface area contributed by atoms with Crippen LogP contribution in [0.4, 0.5) is 0 Å². The molecule has 1 heterocycles. The Kier molecular flexibility index (Phi) is 7.88. The number of carboxylic acid groups (broad SMARTS) is 1. The van der Waals surface area contributed by atoms with Crippen molar-refractivity contribution in [2.24, 2.45) is 0 Å². The van der Waals surface area contributed by atoms with Crippen molar-refractivity contribution in [3.8, 4) is 34.4 Å². The van der Waals surface area contributed by atoms with Gasteiger partial charge in [-0.25, -0.2) is 4.79 Å². The van der Waals surface area contributed by atoms with E-state index in [0.29, 0.717) is 39.1 Å². The first-order chi connectivity index (χ1) is 15.8. The van der Waals surface area contributed by atoms with E-state index in [2.05, 4.69) is 26.1 Å². The van der Waals surface area contributed by atoms with Gasteiger partial charge in [-0.2, -0.15) is 0 Å². The predicted octanol–water partition coefficient (Wildman–Crippen LogP) is 4.68. The first-order valence-electron chi connectivity index (χ1n) is 9.67. The van der Waals surface area contributed by atoms with Crippen molar-refractivity contribution < 1.29 is 29.2 Å². The van der Waals surface area contributed by atoms with Crippen molar-refractivity contribution in [3.63, 3.8) is 0 Å². The van der Waals surface area contributed by atoms with Crippen LogP contribution < -0.4 is 14.2 Å². The summed E-state index contributed by atoms with van der Waals surface area (Å²) in [7, 11) is 4.54. The van der Waals surface area contributed by atoms with E-state index in [1.807, 2.05) is 11.5 Å². The maximum atomic E-state index is 12.0. The molecule has 2 aromatic carbocycles. The van der Waals surface area contributed by atoms with Crippen molar-refractivity contribution in [1.82, 2.24) is 14.8 Å². The fourth-order valence-electron chi connectivity index (χ4n) is 3.02. The average Bonchev–Trinajstić information content (AvgIpc) is 3.22. The van der Waals surface area contributed by atoms with E-state index in [4.69, 9.17) is 14.2 Å². The molecule has 0 aliphatic carbocycles. The zero-order valence-corrected chi connectivity index (χ0v) is 20.7. The highest BCUT2D eigenvalue weighted by Gasteiger charge is 2.20. The van der Waals surface area contributed by atoms with Crippen LogP contribution in [0.3, 0.4) is 0 Å². The number of rotatable bonds is 9. The summed E-state index contributed by atoms with van der Waals surface area (Å²) in [5.74, 6) is 0.776. The number of benzene rings is 2. The lowest BCUT2D eigenvalue weighted by molar-refractivity contribution is -0.131. The molecule has 0 bridgehead atoms. The summed E-state index contributed by atoms with van der Waals surface area (Å²) in [5.41, 5.74) is 1.25. The van der Waals surface area contributed by atoms with Gasteiger partial charge in [0.15, 0.2) is 22.5 Å². The van der Waals surface area contributed by atoms with Crippen LogP contribution >= 0.6 is 27.7 Å². The molecule has 2 N–H and O–H groups in total. The number of hydrogen-bond acceptors (Lipinski definition) is 8. The van der Waals surface area contributed by atoms with Crippen molar-refractivity contribution in [1.29, 1.82) is 0 Å².